The van der Waals surface area contributed by atoms with Gasteiger partial charge in [0.2, 0.25) is 0 Å². The molecule has 1 unspecified atom stereocenters. The molecule has 5 nitrogen and oxygen atoms in total. The molecule has 0 saturated heterocycles. The fourth-order valence-corrected chi connectivity index (χ4v) is 2.29. The highest BCUT2D eigenvalue weighted by molar-refractivity contribution is 6.20. The smallest absolute Gasteiger partial charge is 0.140 e. The lowest BCUT2D eigenvalue weighted by atomic mass is 10.3. The molecule has 0 saturated carbocycles. The third-order valence-electron chi connectivity index (χ3n) is 3.29. The number of aryl methyl sites for hydroxylation is 1. The summed E-state index contributed by atoms with van der Waals surface area (Å²) in [4.78, 5) is 4.62. The van der Waals surface area contributed by atoms with Gasteiger partial charge < -0.3 is 4.40 Å². The van der Waals surface area contributed by atoms with Gasteiger partial charge in [-0.25, -0.2) is 9.67 Å². The quantitative estimate of drug-likeness (QED) is 0.694. The number of alkyl halides is 1. The Morgan fingerprint density at radius 3 is 2.95 bits per heavy atom. The molecule has 104 valence electrons. The highest BCUT2D eigenvalue weighted by atomic mass is 35.5. The summed E-state index contributed by atoms with van der Waals surface area (Å²) in [7, 11) is 0. The van der Waals surface area contributed by atoms with E-state index >= 15 is 0 Å². The van der Waals surface area contributed by atoms with Gasteiger partial charge in [0.15, 0.2) is 0 Å². The van der Waals surface area contributed by atoms with Crippen molar-refractivity contribution in [3.8, 4) is 0 Å². The van der Waals surface area contributed by atoms with E-state index in [9.17, 15) is 0 Å². The molecule has 0 bridgehead atoms. The first-order valence-corrected chi connectivity index (χ1v) is 7.08. The summed E-state index contributed by atoms with van der Waals surface area (Å²) in [5.74, 6) is 0. The predicted octanol–water partition coefficient (Wildman–Crippen LogP) is 2.97. The molecule has 0 spiro atoms. The van der Waals surface area contributed by atoms with Crippen molar-refractivity contribution >= 4 is 17.2 Å². The number of imidazole rings is 1. The summed E-state index contributed by atoms with van der Waals surface area (Å²) in [5, 5.41) is 8.13. The number of aromatic nitrogens is 5. The summed E-state index contributed by atoms with van der Waals surface area (Å²) in [6, 6.07) is 4.07. The number of pyridine rings is 1. The van der Waals surface area contributed by atoms with Crippen LogP contribution in [-0.2, 0) is 6.54 Å². The second-order valence-electron chi connectivity index (χ2n) is 4.87. The van der Waals surface area contributed by atoms with Gasteiger partial charge in [-0.2, -0.15) is 0 Å². The van der Waals surface area contributed by atoms with Crippen LogP contribution < -0.4 is 0 Å². The van der Waals surface area contributed by atoms with Crippen molar-refractivity contribution in [3.63, 3.8) is 0 Å². The van der Waals surface area contributed by atoms with Crippen LogP contribution in [0.1, 0.15) is 35.7 Å². The summed E-state index contributed by atoms with van der Waals surface area (Å²) in [6.45, 7) is 4.68. The first-order chi connectivity index (χ1) is 9.67. The van der Waals surface area contributed by atoms with Crippen molar-refractivity contribution in [2.24, 2.45) is 0 Å². The number of halogens is 1. The fourth-order valence-electron chi connectivity index (χ4n) is 2.19. The Morgan fingerprint density at radius 1 is 1.35 bits per heavy atom. The van der Waals surface area contributed by atoms with Crippen LogP contribution in [0.4, 0.5) is 0 Å². The molecule has 0 aromatic carbocycles. The van der Waals surface area contributed by atoms with Crippen molar-refractivity contribution in [2.75, 3.05) is 0 Å². The molecular formula is C14H16ClN5. The Hall–Kier alpha value is -1.88. The molecule has 0 aliphatic heterocycles. The number of hydrogen-bond donors (Lipinski definition) is 0. The topological polar surface area (TPSA) is 48.0 Å². The van der Waals surface area contributed by atoms with E-state index in [1.54, 1.807) is 4.68 Å². The molecule has 0 N–H and O–H groups in total. The first kappa shape index (κ1) is 13.1. The molecule has 3 rings (SSSR count). The average molecular weight is 290 g/mol. The Labute approximate surface area is 122 Å². The number of hydrogen-bond acceptors (Lipinski definition) is 3. The highest BCUT2D eigenvalue weighted by Gasteiger charge is 2.11. The van der Waals surface area contributed by atoms with Crippen molar-refractivity contribution < 1.29 is 0 Å². The lowest BCUT2D eigenvalue weighted by molar-refractivity contribution is 0.640. The maximum Gasteiger partial charge on any atom is 0.140 e. The van der Waals surface area contributed by atoms with Crippen LogP contribution in [0.3, 0.4) is 0 Å². The molecule has 3 heterocycles. The lowest BCUT2D eigenvalue weighted by Gasteiger charge is -1.98. The summed E-state index contributed by atoms with van der Waals surface area (Å²) < 4.78 is 3.80. The van der Waals surface area contributed by atoms with Crippen LogP contribution in [0.5, 0.6) is 0 Å². The van der Waals surface area contributed by atoms with Gasteiger partial charge in [-0.3, -0.25) is 0 Å². The van der Waals surface area contributed by atoms with Gasteiger partial charge in [-0.1, -0.05) is 18.2 Å². The van der Waals surface area contributed by atoms with Crippen LogP contribution in [0, 0.1) is 6.92 Å². The predicted molar refractivity (Wildman–Crippen MR) is 77.9 cm³/mol. The molecule has 20 heavy (non-hydrogen) atoms. The second-order valence-corrected chi connectivity index (χ2v) is 5.40. The van der Waals surface area contributed by atoms with Crippen LogP contribution in [0.15, 0.2) is 30.7 Å². The molecular weight excluding hydrogens is 274 g/mol. The zero-order valence-electron chi connectivity index (χ0n) is 11.5. The summed E-state index contributed by atoms with van der Waals surface area (Å²) in [6.07, 6.45) is 6.74. The van der Waals surface area contributed by atoms with E-state index < -0.39 is 0 Å². The standard InChI is InChI=1S/C14H16ClN5/c1-3-12(15)13-9-20(18-17-13)8-11-7-19-6-4-5-10(2)14(19)16-11/h4-7,9,12H,3,8H2,1-2H3. The van der Waals surface area contributed by atoms with Crippen molar-refractivity contribution in [1.29, 1.82) is 0 Å². The minimum absolute atomic E-state index is 0.0768. The Bertz CT molecular complexity index is 730. The van der Waals surface area contributed by atoms with E-state index in [2.05, 4.69) is 28.3 Å². The summed E-state index contributed by atoms with van der Waals surface area (Å²) >= 11 is 6.16. The van der Waals surface area contributed by atoms with Gasteiger partial charge in [-0.15, -0.1) is 16.7 Å². The van der Waals surface area contributed by atoms with E-state index in [0.717, 1.165) is 29.0 Å². The van der Waals surface area contributed by atoms with E-state index in [1.807, 2.05) is 36.0 Å². The minimum Gasteiger partial charge on any atom is -0.307 e. The van der Waals surface area contributed by atoms with E-state index in [4.69, 9.17) is 11.6 Å². The average Bonchev–Trinajstić information content (AvgIpc) is 3.05. The number of rotatable bonds is 4. The van der Waals surface area contributed by atoms with E-state index in [0.29, 0.717) is 6.54 Å². The zero-order chi connectivity index (χ0) is 14.1. The Morgan fingerprint density at radius 2 is 2.20 bits per heavy atom. The Balaban J connectivity index is 1.86. The van der Waals surface area contributed by atoms with Gasteiger partial charge in [0.25, 0.3) is 0 Å². The van der Waals surface area contributed by atoms with Gasteiger partial charge in [0.05, 0.1) is 23.8 Å². The lowest BCUT2D eigenvalue weighted by Crippen LogP contribution is -2.00. The normalized spacial score (nSPS) is 12.9. The zero-order valence-corrected chi connectivity index (χ0v) is 12.2. The maximum absolute atomic E-state index is 6.16. The van der Waals surface area contributed by atoms with Crippen molar-refractivity contribution in [3.05, 3.63) is 47.7 Å². The van der Waals surface area contributed by atoms with Gasteiger partial charge in [-0.05, 0) is 25.0 Å². The molecule has 0 fully saturated rings. The Kier molecular flexibility index (Phi) is 3.44. The maximum atomic E-state index is 6.16. The first-order valence-electron chi connectivity index (χ1n) is 6.64. The summed E-state index contributed by atoms with van der Waals surface area (Å²) in [5.41, 5.74) is 3.91. The molecule has 6 heteroatoms. The van der Waals surface area contributed by atoms with E-state index in [1.165, 1.54) is 0 Å². The monoisotopic (exact) mass is 289 g/mol. The number of nitrogens with zero attached hydrogens (tertiary/aromatic N) is 5. The van der Waals surface area contributed by atoms with Gasteiger partial charge in [0.1, 0.15) is 11.3 Å². The largest absolute Gasteiger partial charge is 0.307 e. The van der Waals surface area contributed by atoms with Crippen LogP contribution >= 0.6 is 11.6 Å². The van der Waals surface area contributed by atoms with Crippen LogP contribution in [0.2, 0.25) is 0 Å². The SMILES string of the molecule is CCC(Cl)c1cn(Cc2cn3cccc(C)c3n2)nn1. The molecule has 3 aromatic heterocycles. The number of fused-ring (bicyclic) bond motifs is 1. The molecule has 3 aromatic rings. The molecule has 0 radical (unpaired) electrons. The van der Waals surface area contributed by atoms with Gasteiger partial charge >= 0.3 is 0 Å². The van der Waals surface area contributed by atoms with Crippen LogP contribution in [0.25, 0.3) is 5.65 Å². The van der Waals surface area contributed by atoms with Gasteiger partial charge in [0, 0.05) is 12.4 Å². The fraction of sp³-hybridized carbons (Fsp3) is 0.357. The minimum atomic E-state index is -0.0768. The van der Waals surface area contributed by atoms with Crippen molar-refractivity contribution in [2.45, 2.75) is 32.2 Å². The van der Waals surface area contributed by atoms with Crippen LogP contribution in [-0.4, -0.2) is 24.4 Å². The molecule has 1 atom stereocenters. The second kappa shape index (κ2) is 5.25. The molecule has 0 aliphatic rings. The molecule has 0 aliphatic carbocycles. The third kappa shape index (κ3) is 2.41. The molecule has 0 amide bonds. The van der Waals surface area contributed by atoms with Crippen molar-refractivity contribution in [1.82, 2.24) is 24.4 Å². The highest BCUT2D eigenvalue weighted by Crippen LogP contribution is 2.21. The van der Waals surface area contributed by atoms with E-state index in [-0.39, 0.29) is 5.38 Å². The third-order valence-corrected chi connectivity index (χ3v) is 3.82.